The Bertz CT molecular complexity index is 381. The molecule has 1 amide bonds. The standard InChI is InChI=1S/C15H23NO2/c1-6-16(14(17)18-15(3,4)5)12(2)13-10-8-7-9-11-13/h7-12H,6H2,1-5H3. The number of carbonyl (C=O) groups excluding carboxylic acids is 1. The van der Waals surface area contributed by atoms with E-state index in [9.17, 15) is 4.79 Å². The molecule has 1 rings (SSSR count). The van der Waals surface area contributed by atoms with Gasteiger partial charge in [-0.05, 0) is 40.2 Å². The zero-order valence-corrected chi connectivity index (χ0v) is 11.9. The molecule has 1 aromatic rings. The lowest BCUT2D eigenvalue weighted by molar-refractivity contribution is 0.0186. The molecule has 0 saturated heterocycles. The van der Waals surface area contributed by atoms with Crippen molar-refractivity contribution in [2.75, 3.05) is 6.54 Å². The van der Waals surface area contributed by atoms with Gasteiger partial charge in [0.1, 0.15) is 5.60 Å². The second kappa shape index (κ2) is 5.89. The molecule has 18 heavy (non-hydrogen) atoms. The van der Waals surface area contributed by atoms with Crippen LogP contribution in [-0.4, -0.2) is 23.1 Å². The minimum Gasteiger partial charge on any atom is -0.444 e. The SMILES string of the molecule is CCN(C(=O)OC(C)(C)C)C(C)c1ccccc1. The molecule has 0 aliphatic rings. The summed E-state index contributed by atoms with van der Waals surface area (Å²) in [5.74, 6) is 0. The summed E-state index contributed by atoms with van der Waals surface area (Å²) < 4.78 is 5.42. The van der Waals surface area contributed by atoms with E-state index in [0.29, 0.717) is 6.54 Å². The lowest BCUT2D eigenvalue weighted by Crippen LogP contribution is -2.38. The van der Waals surface area contributed by atoms with Crippen molar-refractivity contribution in [1.82, 2.24) is 4.90 Å². The minimum absolute atomic E-state index is 0.0195. The van der Waals surface area contributed by atoms with E-state index in [4.69, 9.17) is 4.74 Å². The molecule has 0 spiro atoms. The summed E-state index contributed by atoms with van der Waals surface area (Å²) in [6, 6.07) is 10.0. The van der Waals surface area contributed by atoms with Gasteiger partial charge in [0.25, 0.3) is 0 Å². The highest BCUT2D eigenvalue weighted by Gasteiger charge is 2.25. The van der Waals surface area contributed by atoms with Crippen LogP contribution in [-0.2, 0) is 4.74 Å². The summed E-state index contributed by atoms with van der Waals surface area (Å²) in [6.07, 6.45) is -0.263. The van der Waals surface area contributed by atoms with Crippen LogP contribution in [0.1, 0.15) is 46.2 Å². The highest BCUT2D eigenvalue weighted by atomic mass is 16.6. The molecule has 1 aromatic carbocycles. The average Bonchev–Trinajstić information content (AvgIpc) is 2.28. The number of rotatable bonds is 3. The molecule has 3 nitrogen and oxygen atoms in total. The third-order valence-electron chi connectivity index (χ3n) is 2.72. The van der Waals surface area contributed by atoms with Gasteiger partial charge in [0.2, 0.25) is 0 Å². The molecular formula is C15H23NO2. The Morgan fingerprint density at radius 3 is 2.28 bits per heavy atom. The number of hydrogen-bond donors (Lipinski definition) is 0. The number of carbonyl (C=O) groups is 1. The normalized spacial score (nSPS) is 12.9. The smallest absolute Gasteiger partial charge is 0.410 e. The van der Waals surface area contributed by atoms with Gasteiger partial charge in [-0.3, -0.25) is 0 Å². The van der Waals surface area contributed by atoms with Crippen molar-refractivity contribution in [3.63, 3.8) is 0 Å². The third kappa shape index (κ3) is 4.06. The van der Waals surface area contributed by atoms with E-state index in [1.165, 1.54) is 0 Å². The molecule has 1 unspecified atom stereocenters. The van der Waals surface area contributed by atoms with Crippen LogP contribution < -0.4 is 0 Å². The van der Waals surface area contributed by atoms with Gasteiger partial charge in [0, 0.05) is 6.54 Å². The van der Waals surface area contributed by atoms with Crippen LogP contribution in [0.2, 0.25) is 0 Å². The summed E-state index contributed by atoms with van der Waals surface area (Å²) in [5.41, 5.74) is 0.659. The zero-order chi connectivity index (χ0) is 13.8. The van der Waals surface area contributed by atoms with E-state index in [0.717, 1.165) is 5.56 Å². The summed E-state index contributed by atoms with van der Waals surface area (Å²) in [5, 5.41) is 0. The molecule has 0 heterocycles. The average molecular weight is 249 g/mol. The fourth-order valence-electron chi connectivity index (χ4n) is 1.79. The Hall–Kier alpha value is -1.51. The fourth-order valence-corrected chi connectivity index (χ4v) is 1.79. The topological polar surface area (TPSA) is 29.5 Å². The number of nitrogens with zero attached hydrogens (tertiary/aromatic N) is 1. The molecular weight excluding hydrogens is 226 g/mol. The van der Waals surface area contributed by atoms with Gasteiger partial charge in [-0.2, -0.15) is 0 Å². The van der Waals surface area contributed by atoms with Crippen LogP contribution >= 0.6 is 0 Å². The predicted octanol–water partition coefficient (Wildman–Crippen LogP) is 4.00. The molecule has 3 heteroatoms. The minimum atomic E-state index is -0.457. The van der Waals surface area contributed by atoms with Crippen molar-refractivity contribution in [1.29, 1.82) is 0 Å². The number of benzene rings is 1. The molecule has 0 fully saturated rings. The second-order valence-corrected chi connectivity index (χ2v) is 5.35. The van der Waals surface area contributed by atoms with Crippen molar-refractivity contribution < 1.29 is 9.53 Å². The first-order chi connectivity index (χ1) is 8.35. The van der Waals surface area contributed by atoms with Gasteiger partial charge in [0.15, 0.2) is 0 Å². The first-order valence-corrected chi connectivity index (χ1v) is 6.39. The van der Waals surface area contributed by atoms with Crippen LogP contribution in [0.5, 0.6) is 0 Å². The van der Waals surface area contributed by atoms with Crippen LogP contribution in [0, 0.1) is 0 Å². The van der Waals surface area contributed by atoms with Crippen LogP contribution in [0.4, 0.5) is 4.79 Å². The van der Waals surface area contributed by atoms with Crippen molar-refractivity contribution in [3.8, 4) is 0 Å². The maximum Gasteiger partial charge on any atom is 0.410 e. The molecule has 0 radical (unpaired) electrons. The molecule has 0 saturated carbocycles. The molecule has 0 aliphatic carbocycles. The fraction of sp³-hybridized carbons (Fsp3) is 0.533. The molecule has 0 N–H and O–H groups in total. The first kappa shape index (κ1) is 14.6. The summed E-state index contributed by atoms with van der Waals surface area (Å²) >= 11 is 0. The molecule has 0 aliphatic heterocycles. The van der Waals surface area contributed by atoms with Crippen molar-refractivity contribution in [2.45, 2.75) is 46.3 Å². The quantitative estimate of drug-likeness (QED) is 0.810. The van der Waals surface area contributed by atoms with Gasteiger partial charge in [0.05, 0.1) is 6.04 Å². The molecule has 0 bridgehead atoms. The lowest BCUT2D eigenvalue weighted by atomic mass is 10.1. The maximum atomic E-state index is 12.1. The van der Waals surface area contributed by atoms with E-state index < -0.39 is 5.60 Å². The lowest BCUT2D eigenvalue weighted by Gasteiger charge is -2.31. The van der Waals surface area contributed by atoms with E-state index >= 15 is 0 Å². The molecule has 0 aromatic heterocycles. The second-order valence-electron chi connectivity index (χ2n) is 5.35. The Morgan fingerprint density at radius 1 is 1.28 bits per heavy atom. The van der Waals surface area contributed by atoms with E-state index in [2.05, 4.69) is 0 Å². The molecule has 1 atom stereocenters. The molecule has 100 valence electrons. The summed E-state index contributed by atoms with van der Waals surface area (Å²) in [7, 11) is 0. The predicted molar refractivity (Wildman–Crippen MR) is 73.5 cm³/mol. The number of hydrogen-bond acceptors (Lipinski definition) is 2. The van der Waals surface area contributed by atoms with Gasteiger partial charge < -0.3 is 9.64 Å². The van der Waals surface area contributed by atoms with Gasteiger partial charge in [-0.15, -0.1) is 0 Å². The number of ether oxygens (including phenoxy) is 1. The van der Waals surface area contributed by atoms with E-state index in [1.807, 2.05) is 65.0 Å². The van der Waals surface area contributed by atoms with Gasteiger partial charge in [-0.25, -0.2) is 4.79 Å². The Morgan fingerprint density at radius 2 is 1.83 bits per heavy atom. The van der Waals surface area contributed by atoms with Crippen molar-refractivity contribution in [3.05, 3.63) is 35.9 Å². The van der Waals surface area contributed by atoms with Crippen LogP contribution in [0.15, 0.2) is 30.3 Å². The number of amides is 1. The van der Waals surface area contributed by atoms with Gasteiger partial charge >= 0.3 is 6.09 Å². The van der Waals surface area contributed by atoms with Crippen LogP contribution in [0.25, 0.3) is 0 Å². The van der Waals surface area contributed by atoms with Crippen molar-refractivity contribution in [2.24, 2.45) is 0 Å². The summed E-state index contributed by atoms with van der Waals surface area (Å²) in [6.45, 7) is 10.3. The first-order valence-electron chi connectivity index (χ1n) is 6.39. The summed E-state index contributed by atoms with van der Waals surface area (Å²) in [4.78, 5) is 13.8. The Kier molecular flexibility index (Phi) is 4.76. The van der Waals surface area contributed by atoms with E-state index in [1.54, 1.807) is 4.90 Å². The van der Waals surface area contributed by atoms with Crippen molar-refractivity contribution >= 4 is 6.09 Å². The van der Waals surface area contributed by atoms with Crippen LogP contribution in [0.3, 0.4) is 0 Å². The van der Waals surface area contributed by atoms with E-state index in [-0.39, 0.29) is 12.1 Å². The monoisotopic (exact) mass is 249 g/mol. The Labute approximate surface area is 110 Å². The Balaban J connectivity index is 2.81. The highest BCUT2D eigenvalue weighted by Crippen LogP contribution is 2.22. The largest absolute Gasteiger partial charge is 0.444 e. The zero-order valence-electron chi connectivity index (χ0n) is 11.9. The maximum absolute atomic E-state index is 12.1. The van der Waals surface area contributed by atoms with Gasteiger partial charge in [-0.1, -0.05) is 30.3 Å². The highest BCUT2D eigenvalue weighted by molar-refractivity contribution is 5.68. The third-order valence-corrected chi connectivity index (χ3v) is 2.72.